The van der Waals surface area contributed by atoms with Crippen molar-refractivity contribution < 1.29 is 4.79 Å². The van der Waals surface area contributed by atoms with Gasteiger partial charge in [0.05, 0.1) is 5.69 Å². The number of fused-ring (bicyclic) bond motifs is 1. The van der Waals surface area contributed by atoms with E-state index in [1.54, 1.807) is 16.0 Å². The third-order valence-electron chi connectivity index (χ3n) is 4.64. The molecule has 0 aromatic carbocycles. The molecule has 7 heteroatoms. The number of hydrogen-bond acceptors (Lipinski definition) is 5. The number of nitrogens with one attached hydrogen (secondary N) is 1. The highest BCUT2D eigenvalue weighted by molar-refractivity contribution is 7.12. The lowest BCUT2D eigenvalue weighted by Gasteiger charge is -2.23. The summed E-state index contributed by atoms with van der Waals surface area (Å²) in [5, 5.41) is 7.66. The molecule has 0 spiro atoms. The van der Waals surface area contributed by atoms with Crippen LogP contribution < -0.4 is 5.32 Å². The maximum absolute atomic E-state index is 12.4. The monoisotopic (exact) mass is 367 g/mol. The molecule has 3 aromatic rings. The standard InChI is InChI=1S/C19H21N5OS/c1-5-13-6-7-15(26-13)14-9-16(25)22-18-17(14)12(4)23-24(18)19-20-10(2)8-11(3)21-19/h6-8,14H,5,9H2,1-4H3,(H,22,25). The number of aryl methyl sites for hydroxylation is 4. The van der Waals surface area contributed by atoms with E-state index >= 15 is 0 Å². The van der Waals surface area contributed by atoms with Gasteiger partial charge >= 0.3 is 0 Å². The van der Waals surface area contributed by atoms with Gasteiger partial charge in [0, 0.05) is 39.0 Å². The minimum absolute atomic E-state index is 0.000488. The van der Waals surface area contributed by atoms with E-state index in [1.165, 1.54) is 9.75 Å². The van der Waals surface area contributed by atoms with Crippen molar-refractivity contribution >= 4 is 23.1 Å². The molecule has 0 radical (unpaired) electrons. The molecular formula is C19H21N5OS. The van der Waals surface area contributed by atoms with Gasteiger partial charge in [-0.15, -0.1) is 11.3 Å². The summed E-state index contributed by atoms with van der Waals surface area (Å²) in [5.74, 6) is 1.22. The molecule has 1 unspecified atom stereocenters. The number of aromatic nitrogens is 4. The number of amides is 1. The lowest BCUT2D eigenvalue weighted by Crippen LogP contribution is -2.25. The molecule has 0 bridgehead atoms. The van der Waals surface area contributed by atoms with Crippen LogP contribution in [-0.4, -0.2) is 25.7 Å². The molecule has 0 saturated heterocycles. The van der Waals surface area contributed by atoms with Crippen molar-refractivity contribution in [3.8, 4) is 5.95 Å². The Morgan fingerprint density at radius 1 is 1.23 bits per heavy atom. The van der Waals surface area contributed by atoms with Gasteiger partial charge < -0.3 is 5.32 Å². The van der Waals surface area contributed by atoms with Crippen LogP contribution in [0.15, 0.2) is 18.2 Å². The number of nitrogens with zero attached hydrogens (tertiary/aromatic N) is 4. The van der Waals surface area contributed by atoms with Crippen molar-refractivity contribution in [2.75, 3.05) is 5.32 Å². The highest BCUT2D eigenvalue weighted by atomic mass is 32.1. The van der Waals surface area contributed by atoms with Crippen molar-refractivity contribution in [3.63, 3.8) is 0 Å². The van der Waals surface area contributed by atoms with Crippen molar-refractivity contribution in [1.82, 2.24) is 19.7 Å². The fraction of sp³-hybridized carbons (Fsp3) is 0.368. The van der Waals surface area contributed by atoms with Gasteiger partial charge in [-0.2, -0.15) is 9.78 Å². The predicted molar refractivity (Wildman–Crippen MR) is 102 cm³/mol. The molecule has 134 valence electrons. The molecule has 1 aliphatic heterocycles. The molecule has 3 aromatic heterocycles. The maximum atomic E-state index is 12.4. The van der Waals surface area contributed by atoms with Crippen molar-refractivity contribution in [3.05, 3.63) is 50.6 Å². The fourth-order valence-corrected chi connectivity index (χ4v) is 4.57. The first-order valence-corrected chi connectivity index (χ1v) is 9.58. The Bertz CT molecular complexity index is 983. The van der Waals surface area contributed by atoms with Gasteiger partial charge in [0.15, 0.2) is 0 Å². The quantitative estimate of drug-likeness (QED) is 0.766. The first-order valence-electron chi connectivity index (χ1n) is 8.77. The number of thiophene rings is 1. The Labute approximate surface area is 156 Å². The van der Waals surface area contributed by atoms with Crippen LogP contribution in [0, 0.1) is 20.8 Å². The molecule has 4 heterocycles. The van der Waals surface area contributed by atoms with Crippen LogP contribution in [-0.2, 0) is 11.2 Å². The number of carbonyl (C=O) groups excluding carboxylic acids is 1. The second kappa shape index (κ2) is 6.32. The van der Waals surface area contributed by atoms with E-state index in [0.29, 0.717) is 18.2 Å². The van der Waals surface area contributed by atoms with E-state index in [-0.39, 0.29) is 11.8 Å². The molecule has 1 N–H and O–H groups in total. The average molecular weight is 367 g/mol. The Kier molecular flexibility index (Phi) is 4.11. The zero-order valence-electron chi connectivity index (χ0n) is 15.3. The van der Waals surface area contributed by atoms with Crippen LogP contribution in [0.2, 0.25) is 0 Å². The molecule has 1 amide bonds. The number of carbonyl (C=O) groups is 1. The Hall–Kier alpha value is -2.54. The van der Waals surface area contributed by atoms with E-state index in [4.69, 9.17) is 0 Å². The largest absolute Gasteiger partial charge is 0.310 e. The number of hydrogen-bond donors (Lipinski definition) is 1. The van der Waals surface area contributed by atoms with E-state index in [1.807, 2.05) is 26.8 Å². The summed E-state index contributed by atoms with van der Waals surface area (Å²) in [4.78, 5) is 24.0. The molecule has 0 saturated carbocycles. The third-order valence-corrected chi connectivity index (χ3v) is 5.98. The van der Waals surface area contributed by atoms with E-state index in [2.05, 4.69) is 39.4 Å². The minimum atomic E-state index is -0.000488. The van der Waals surface area contributed by atoms with Crippen molar-refractivity contribution in [2.24, 2.45) is 0 Å². The van der Waals surface area contributed by atoms with Crippen LogP contribution in [0.3, 0.4) is 0 Å². The van der Waals surface area contributed by atoms with Crippen LogP contribution in [0.1, 0.15) is 51.7 Å². The Morgan fingerprint density at radius 3 is 2.62 bits per heavy atom. The Morgan fingerprint density at radius 2 is 1.96 bits per heavy atom. The molecular weight excluding hydrogens is 346 g/mol. The normalized spacial score (nSPS) is 16.5. The van der Waals surface area contributed by atoms with Gasteiger partial charge in [0.25, 0.3) is 5.95 Å². The SMILES string of the molecule is CCc1ccc(C2CC(=O)Nc3c2c(C)nn3-c2nc(C)cc(C)n2)s1. The smallest absolute Gasteiger partial charge is 0.252 e. The minimum Gasteiger partial charge on any atom is -0.310 e. The summed E-state index contributed by atoms with van der Waals surface area (Å²) in [7, 11) is 0. The highest BCUT2D eigenvalue weighted by Crippen LogP contribution is 2.42. The van der Waals surface area contributed by atoms with Crippen molar-refractivity contribution in [1.29, 1.82) is 0 Å². The fourth-order valence-electron chi connectivity index (χ4n) is 3.51. The predicted octanol–water partition coefficient (Wildman–Crippen LogP) is 3.69. The topological polar surface area (TPSA) is 72.7 Å². The number of rotatable bonds is 3. The summed E-state index contributed by atoms with van der Waals surface area (Å²) in [5.41, 5.74) is 3.72. The molecule has 4 rings (SSSR count). The first-order chi connectivity index (χ1) is 12.5. The molecule has 0 fully saturated rings. The molecule has 1 atom stereocenters. The van der Waals surface area contributed by atoms with E-state index in [0.717, 1.165) is 29.1 Å². The summed E-state index contributed by atoms with van der Waals surface area (Å²) in [6, 6.07) is 6.21. The average Bonchev–Trinajstić information content (AvgIpc) is 3.18. The molecule has 6 nitrogen and oxygen atoms in total. The maximum Gasteiger partial charge on any atom is 0.252 e. The van der Waals surface area contributed by atoms with Crippen LogP contribution in [0.25, 0.3) is 5.95 Å². The van der Waals surface area contributed by atoms with Gasteiger partial charge in [-0.05, 0) is 45.4 Å². The summed E-state index contributed by atoms with van der Waals surface area (Å²) >= 11 is 1.78. The highest BCUT2D eigenvalue weighted by Gasteiger charge is 2.34. The summed E-state index contributed by atoms with van der Waals surface area (Å²) in [6.45, 7) is 7.99. The van der Waals surface area contributed by atoms with Crippen LogP contribution in [0.5, 0.6) is 0 Å². The molecule has 0 aliphatic carbocycles. The van der Waals surface area contributed by atoms with Crippen molar-refractivity contribution in [2.45, 2.75) is 46.5 Å². The molecule has 1 aliphatic rings. The van der Waals surface area contributed by atoms with E-state index < -0.39 is 0 Å². The van der Waals surface area contributed by atoms with E-state index in [9.17, 15) is 4.79 Å². The first kappa shape index (κ1) is 16.9. The zero-order valence-corrected chi connectivity index (χ0v) is 16.1. The van der Waals surface area contributed by atoms with Gasteiger partial charge in [-0.1, -0.05) is 6.92 Å². The van der Waals surface area contributed by atoms with Crippen LogP contribution in [0.4, 0.5) is 5.82 Å². The second-order valence-corrected chi connectivity index (χ2v) is 7.87. The summed E-state index contributed by atoms with van der Waals surface area (Å²) in [6.07, 6.45) is 1.45. The lowest BCUT2D eigenvalue weighted by atomic mass is 9.91. The summed E-state index contributed by atoms with van der Waals surface area (Å²) < 4.78 is 1.67. The lowest BCUT2D eigenvalue weighted by molar-refractivity contribution is -0.116. The van der Waals surface area contributed by atoms with Gasteiger partial charge in [-0.25, -0.2) is 9.97 Å². The third kappa shape index (κ3) is 2.82. The molecule has 26 heavy (non-hydrogen) atoms. The zero-order chi connectivity index (χ0) is 18.4. The number of anilines is 1. The van der Waals surface area contributed by atoms with Gasteiger partial charge in [-0.3, -0.25) is 4.79 Å². The second-order valence-electron chi connectivity index (χ2n) is 6.67. The van der Waals surface area contributed by atoms with Gasteiger partial charge in [0.1, 0.15) is 5.82 Å². The van der Waals surface area contributed by atoms with Crippen LogP contribution >= 0.6 is 11.3 Å². The van der Waals surface area contributed by atoms with Gasteiger partial charge in [0.2, 0.25) is 5.91 Å². The Balaban J connectivity index is 1.87.